The van der Waals surface area contributed by atoms with E-state index in [9.17, 15) is 0 Å². The highest BCUT2D eigenvalue weighted by Gasteiger charge is 2.16. The molecule has 0 fully saturated rings. The second kappa shape index (κ2) is 12.1. The minimum absolute atomic E-state index is 0.986. The smallest absolute Gasteiger partial charge is 0.0993 e. The molecule has 0 saturated heterocycles. The number of unbranched alkanes of at least 4 members (excludes halogenated alkanes) is 9. The van der Waals surface area contributed by atoms with Crippen LogP contribution in [0, 0.1) is 0 Å². The molecule has 0 N–H and O–H groups in total. The Morgan fingerprint density at radius 3 is 2.12 bits per heavy atom. The van der Waals surface area contributed by atoms with Crippen molar-refractivity contribution in [2.24, 2.45) is 4.99 Å². The van der Waals surface area contributed by atoms with Crippen LogP contribution in [0.5, 0.6) is 0 Å². The minimum atomic E-state index is 0.986. The van der Waals surface area contributed by atoms with Gasteiger partial charge in [0.25, 0.3) is 0 Å². The van der Waals surface area contributed by atoms with Crippen molar-refractivity contribution in [2.75, 3.05) is 13.1 Å². The molecule has 1 heterocycles. The van der Waals surface area contributed by atoms with E-state index in [4.69, 9.17) is 4.99 Å². The lowest BCUT2D eigenvalue weighted by molar-refractivity contribution is 0.440. The van der Waals surface area contributed by atoms with Gasteiger partial charge >= 0.3 is 0 Å². The van der Waals surface area contributed by atoms with Crippen LogP contribution in [0.2, 0.25) is 0 Å². The Morgan fingerprint density at radius 2 is 1.46 bits per heavy atom. The molecule has 1 aliphatic rings. The molecule has 134 valence electrons. The van der Waals surface area contributed by atoms with Crippen molar-refractivity contribution in [3.05, 3.63) is 35.9 Å². The topological polar surface area (TPSA) is 15.6 Å². The highest BCUT2D eigenvalue weighted by molar-refractivity contribution is 5.83. The van der Waals surface area contributed by atoms with Crippen LogP contribution >= 0.6 is 0 Å². The highest BCUT2D eigenvalue weighted by Crippen LogP contribution is 2.15. The summed E-state index contributed by atoms with van der Waals surface area (Å²) in [7, 11) is 0. The van der Waals surface area contributed by atoms with Crippen molar-refractivity contribution in [1.29, 1.82) is 0 Å². The van der Waals surface area contributed by atoms with Crippen molar-refractivity contribution in [3.8, 4) is 0 Å². The van der Waals surface area contributed by atoms with E-state index in [2.05, 4.69) is 42.2 Å². The zero-order valence-electron chi connectivity index (χ0n) is 15.7. The third-order valence-electron chi connectivity index (χ3n) is 5.00. The lowest BCUT2D eigenvalue weighted by Crippen LogP contribution is -2.27. The Morgan fingerprint density at radius 1 is 0.833 bits per heavy atom. The average molecular weight is 329 g/mol. The molecule has 0 amide bonds. The van der Waals surface area contributed by atoms with E-state index >= 15 is 0 Å². The van der Waals surface area contributed by atoms with Crippen molar-refractivity contribution in [2.45, 2.75) is 84.1 Å². The zero-order valence-corrected chi connectivity index (χ0v) is 15.7. The van der Waals surface area contributed by atoms with Gasteiger partial charge in [-0.3, -0.25) is 4.99 Å². The van der Waals surface area contributed by atoms with Crippen LogP contribution < -0.4 is 0 Å². The fraction of sp³-hybridized carbons (Fsp3) is 0.682. The zero-order chi connectivity index (χ0) is 16.9. The molecular weight excluding hydrogens is 292 g/mol. The highest BCUT2D eigenvalue weighted by atomic mass is 15.2. The fourth-order valence-corrected chi connectivity index (χ4v) is 3.51. The first kappa shape index (κ1) is 19.0. The van der Waals surface area contributed by atoms with Crippen LogP contribution in [0.4, 0.5) is 0 Å². The maximum atomic E-state index is 4.73. The lowest BCUT2D eigenvalue weighted by Gasteiger charge is -2.20. The molecular formula is C22H36N2. The second-order valence-corrected chi connectivity index (χ2v) is 7.14. The molecule has 2 rings (SSSR count). The molecule has 0 bridgehead atoms. The molecule has 0 radical (unpaired) electrons. The van der Waals surface area contributed by atoms with Gasteiger partial charge in [0.2, 0.25) is 0 Å². The Bertz CT molecular complexity index is 452. The summed E-state index contributed by atoms with van der Waals surface area (Å²) in [6.45, 7) is 5.40. The SMILES string of the molecule is CCCCCCCCCCCCC1=NCCN1Cc1ccccc1. The van der Waals surface area contributed by atoms with Gasteiger partial charge in [-0.25, -0.2) is 0 Å². The Labute approximate surface area is 149 Å². The molecule has 2 heteroatoms. The predicted octanol–water partition coefficient (Wildman–Crippen LogP) is 6.21. The summed E-state index contributed by atoms with van der Waals surface area (Å²) in [6.07, 6.45) is 15.2. The maximum absolute atomic E-state index is 4.73. The molecule has 0 aliphatic carbocycles. The van der Waals surface area contributed by atoms with Crippen LogP contribution in [-0.4, -0.2) is 23.8 Å². The van der Waals surface area contributed by atoms with Gasteiger partial charge in [-0.15, -0.1) is 0 Å². The van der Waals surface area contributed by atoms with Gasteiger partial charge in [0.15, 0.2) is 0 Å². The summed E-state index contributed by atoms with van der Waals surface area (Å²) < 4.78 is 0. The quantitative estimate of drug-likeness (QED) is 0.393. The summed E-state index contributed by atoms with van der Waals surface area (Å²) in [5.41, 5.74) is 1.40. The molecule has 2 nitrogen and oxygen atoms in total. The minimum Gasteiger partial charge on any atom is -0.354 e. The van der Waals surface area contributed by atoms with Gasteiger partial charge in [0.1, 0.15) is 0 Å². The average Bonchev–Trinajstić information content (AvgIpc) is 3.04. The third kappa shape index (κ3) is 7.51. The number of hydrogen-bond donors (Lipinski definition) is 0. The number of nitrogens with zero attached hydrogens (tertiary/aromatic N) is 2. The second-order valence-electron chi connectivity index (χ2n) is 7.14. The Hall–Kier alpha value is -1.31. The molecule has 1 aromatic carbocycles. The fourth-order valence-electron chi connectivity index (χ4n) is 3.51. The van der Waals surface area contributed by atoms with Gasteiger partial charge < -0.3 is 4.90 Å². The van der Waals surface area contributed by atoms with Gasteiger partial charge in [-0.2, -0.15) is 0 Å². The number of rotatable bonds is 13. The first-order valence-electron chi connectivity index (χ1n) is 10.2. The number of benzene rings is 1. The van der Waals surface area contributed by atoms with E-state index in [1.807, 2.05) is 0 Å². The van der Waals surface area contributed by atoms with E-state index in [0.717, 1.165) is 19.6 Å². The van der Waals surface area contributed by atoms with Crippen molar-refractivity contribution < 1.29 is 0 Å². The maximum Gasteiger partial charge on any atom is 0.0993 e. The summed E-state index contributed by atoms with van der Waals surface area (Å²) in [4.78, 5) is 7.21. The summed E-state index contributed by atoms with van der Waals surface area (Å²) in [6, 6.07) is 10.8. The van der Waals surface area contributed by atoms with E-state index in [1.54, 1.807) is 0 Å². The normalized spacial score (nSPS) is 14.2. The van der Waals surface area contributed by atoms with Crippen LogP contribution in [0.25, 0.3) is 0 Å². The number of amidine groups is 1. The number of hydrogen-bond acceptors (Lipinski definition) is 2. The van der Waals surface area contributed by atoms with E-state index in [0.29, 0.717) is 0 Å². The molecule has 24 heavy (non-hydrogen) atoms. The third-order valence-corrected chi connectivity index (χ3v) is 5.00. The van der Waals surface area contributed by atoms with Gasteiger partial charge in [0.05, 0.1) is 12.4 Å². The monoisotopic (exact) mass is 328 g/mol. The van der Waals surface area contributed by atoms with Crippen LogP contribution in [0.1, 0.15) is 83.1 Å². The summed E-state index contributed by atoms with van der Waals surface area (Å²) >= 11 is 0. The van der Waals surface area contributed by atoms with Crippen molar-refractivity contribution in [3.63, 3.8) is 0 Å². The van der Waals surface area contributed by atoms with Gasteiger partial charge in [0, 0.05) is 19.5 Å². The first-order valence-corrected chi connectivity index (χ1v) is 10.2. The van der Waals surface area contributed by atoms with Crippen LogP contribution in [0.15, 0.2) is 35.3 Å². The Balaban J connectivity index is 1.51. The van der Waals surface area contributed by atoms with Gasteiger partial charge in [-0.1, -0.05) is 95.0 Å². The first-order chi connectivity index (χ1) is 11.9. The van der Waals surface area contributed by atoms with Crippen LogP contribution in [-0.2, 0) is 6.54 Å². The number of aliphatic imine (C=N–C) groups is 1. The van der Waals surface area contributed by atoms with E-state index in [1.165, 1.54) is 82.0 Å². The Kier molecular flexibility index (Phi) is 9.60. The standard InChI is InChI=1S/C22H36N2/c1-2-3-4-5-6-7-8-9-10-14-17-22-23-18-19-24(22)20-21-15-12-11-13-16-21/h11-13,15-16H,2-10,14,17-20H2,1H3. The molecule has 0 atom stereocenters. The van der Waals surface area contributed by atoms with Crippen molar-refractivity contribution >= 4 is 5.84 Å². The molecule has 0 unspecified atom stereocenters. The van der Waals surface area contributed by atoms with E-state index < -0.39 is 0 Å². The molecule has 1 aromatic rings. The predicted molar refractivity (Wildman–Crippen MR) is 106 cm³/mol. The van der Waals surface area contributed by atoms with Crippen molar-refractivity contribution in [1.82, 2.24) is 4.90 Å². The van der Waals surface area contributed by atoms with Crippen LogP contribution in [0.3, 0.4) is 0 Å². The molecule has 0 spiro atoms. The van der Waals surface area contributed by atoms with E-state index in [-0.39, 0.29) is 0 Å². The summed E-state index contributed by atoms with van der Waals surface area (Å²) in [5, 5.41) is 0. The molecule has 0 aromatic heterocycles. The van der Waals surface area contributed by atoms with Gasteiger partial charge in [-0.05, 0) is 12.0 Å². The lowest BCUT2D eigenvalue weighted by atomic mass is 10.1. The molecule has 0 saturated carbocycles. The summed E-state index contributed by atoms with van der Waals surface area (Å²) in [5.74, 6) is 1.35. The largest absolute Gasteiger partial charge is 0.354 e. The molecule has 1 aliphatic heterocycles.